The van der Waals surface area contributed by atoms with Crippen LogP contribution in [0.15, 0.2) is 16.8 Å². The minimum absolute atomic E-state index is 0.147. The number of anilines is 1. The van der Waals surface area contributed by atoms with Crippen LogP contribution in [0.1, 0.15) is 29.9 Å². The molecule has 0 bridgehead atoms. The minimum Gasteiger partial charge on any atom is -0.384 e. The summed E-state index contributed by atoms with van der Waals surface area (Å²) in [4.78, 5) is 8.72. The summed E-state index contributed by atoms with van der Waals surface area (Å²) in [5.74, 6) is 1.48. The summed E-state index contributed by atoms with van der Waals surface area (Å²) in [5, 5.41) is 12.9. The molecule has 1 aliphatic rings. The molecule has 24 heavy (non-hydrogen) atoms. The molecule has 8 heteroatoms. The Hall–Kier alpha value is -2.48. The molecule has 0 aliphatic carbocycles. The van der Waals surface area contributed by atoms with E-state index in [1.54, 1.807) is 10.9 Å². The molecule has 4 heterocycles. The minimum atomic E-state index is -0.147. The van der Waals surface area contributed by atoms with Gasteiger partial charge < -0.3 is 14.6 Å². The van der Waals surface area contributed by atoms with E-state index in [0.29, 0.717) is 18.3 Å². The third-order valence-electron chi connectivity index (χ3n) is 4.45. The van der Waals surface area contributed by atoms with Crippen LogP contribution in [-0.4, -0.2) is 38.1 Å². The molecule has 4 rings (SSSR count). The van der Waals surface area contributed by atoms with Crippen LogP contribution in [0.2, 0.25) is 0 Å². The lowest BCUT2D eigenvalue weighted by Gasteiger charge is -2.16. The average molecular weight is 328 g/mol. The predicted octanol–water partition coefficient (Wildman–Crippen LogP) is 2.16. The molecule has 8 nitrogen and oxygen atoms in total. The van der Waals surface area contributed by atoms with E-state index in [1.807, 2.05) is 27.0 Å². The number of pyridine rings is 1. The summed E-state index contributed by atoms with van der Waals surface area (Å²) in [6.07, 6.45) is 2.61. The van der Waals surface area contributed by atoms with Crippen molar-refractivity contribution in [3.05, 3.63) is 29.7 Å². The van der Waals surface area contributed by atoms with Gasteiger partial charge in [-0.3, -0.25) is 4.68 Å². The first-order valence-corrected chi connectivity index (χ1v) is 8.07. The highest BCUT2D eigenvalue weighted by atomic mass is 16.5. The lowest BCUT2D eigenvalue weighted by molar-refractivity contribution is 0.0650. The second-order valence-electron chi connectivity index (χ2n) is 6.17. The Morgan fingerprint density at radius 3 is 3.04 bits per heavy atom. The highest BCUT2D eigenvalue weighted by Crippen LogP contribution is 2.34. The van der Waals surface area contributed by atoms with Crippen molar-refractivity contribution in [2.45, 2.75) is 26.4 Å². The number of ether oxygens (including phenoxy) is 1. The molecular formula is C16H20N6O2. The normalized spacial score (nSPS) is 20.8. The molecule has 0 radical (unpaired) electrons. The van der Waals surface area contributed by atoms with Crippen molar-refractivity contribution in [1.82, 2.24) is 24.9 Å². The molecule has 1 N–H and O–H groups in total. The Bertz CT molecular complexity index is 871. The molecule has 0 spiro atoms. The van der Waals surface area contributed by atoms with Crippen LogP contribution in [0.25, 0.3) is 11.0 Å². The van der Waals surface area contributed by atoms with Crippen LogP contribution in [0.4, 0.5) is 5.69 Å². The van der Waals surface area contributed by atoms with Crippen LogP contribution in [0.5, 0.6) is 0 Å². The third-order valence-corrected chi connectivity index (χ3v) is 4.45. The van der Waals surface area contributed by atoms with Crippen LogP contribution >= 0.6 is 0 Å². The Labute approximate surface area is 139 Å². The number of fused-ring (bicyclic) bond motifs is 1. The molecule has 0 saturated carbocycles. The number of aromatic nitrogens is 5. The molecular weight excluding hydrogens is 308 g/mol. The third kappa shape index (κ3) is 2.52. The van der Waals surface area contributed by atoms with Gasteiger partial charge in [-0.2, -0.15) is 10.1 Å². The van der Waals surface area contributed by atoms with Crippen molar-refractivity contribution >= 4 is 16.7 Å². The molecule has 3 aromatic rings. The molecule has 2 atom stereocenters. The summed E-state index contributed by atoms with van der Waals surface area (Å²) >= 11 is 0. The Balaban J connectivity index is 1.54. The Morgan fingerprint density at radius 1 is 1.38 bits per heavy atom. The van der Waals surface area contributed by atoms with Crippen molar-refractivity contribution in [2.75, 3.05) is 18.5 Å². The van der Waals surface area contributed by atoms with E-state index in [2.05, 4.69) is 25.5 Å². The maximum atomic E-state index is 5.80. The molecule has 0 aromatic carbocycles. The maximum absolute atomic E-state index is 5.80. The second kappa shape index (κ2) is 5.86. The van der Waals surface area contributed by atoms with Crippen molar-refractivity contribution in [1.29, 1.82) is 0 Å². The monoisotopic (exact) mass is 328 g/mol. The zero-order valence-electron chi connectivity index (χ0n) is 14.0. The lowest BCUT2D eigenvalue weighted by atomic mass is 10.0. The van der Waals surface area contributed by atoms with E-state index in [0.717, 1.165) is 35.4 Å². The van der Waals surface area contributed by atoms with Crippen LogP contribution in [0, 0.1) is 19.8 Å². The second-order valence-corrected chi connectivity index (χ2v) is 6.17. The van der Waals surface area contributed by atoms with Gasteiger partial charge in [0.25, 0.3) is 5.89 Å². The van der Waals surface area contributed by atoms with E-state index < -0.39 is 0 Å². The molecule has 0 unspecified atom stereocenters. The number of nitrogens with zero attached hydrogens (tertiary/aromatic N) is 5. The smallest absolute Gasteiger partial charge is 0.256 e. The van der Waals surface area contributed by atoms with Gasteiger partial charge in [0, 0.05) is 38.0 Å². The lowest BCUT2D eigenvalue weighted by Crippen LogP contribution is -2.18. The first-order valence-electron chi connectivity index (χ1n) is 8.07. The molecule has 1 aliphatic heterocycles. The summed E-state index contributed by atoms with van der Waals surface area (Å²) in [6.45, 7) is 5.28. The molecule has 0 amide bonds. The van der Waals surface area contributed by atoms with Gasteiger partial charge in [-0.15, -0.1) is 0 Å². The quantitative estimate of drug-likeness (QED) is 0.784. The van der Waals surface area contributed by atoms with Gasteiger partial charge in [0.05, 0.1) is 11.1 Å². The van der Waals surface area contributed by atoms with Gasteiger partial charge >= 0.3 is 0 Å². The fraction of sp³-hybridized carbons (Fsp3) is 0.500. The highest BCUT2D eigenvalue weighted by molar-refractivity contribution is 5.91. The van der Waals surface area contributed by atoms with Gasteiger partial charge in [0.15, 0.2) is 11.5 Å². The predicted molar refractivity (Wildman–Crippen MR) is 87.6 cm³/mol. The van der Waals surface area contributed by atoms with Crippen molar-refractivity contribution in [2.24, 2.45) is 13.0 Å². The van der Waals surface area contributed by atoms with Crippen LogP contribution in [-0.2, 0) is 11.8 Å². The van der Waals surface area contributed by atoms with Gasteiger partial charge in [0.2, 0.25) is 0 Å². The summed E-state index contributed by atoms with van der Waals surface area (Å²) < 4.78 is 12.9. The molecule has 126 valence electrons. The van der Waals surface area contributed by atoms with Gasteiger partial charge in [-0.1, -0.05) is 5.16 Å². The van der Waals surface area contributed by atoms with Gasteiger partial charge in [-0.25, -0.2) is 4.98 Å². The molecule has 1 fully saturated rings. The first-order chi connectivity index (χ1) is 11.6. The number of nitrogens with one attached hydrogen (secondary N) is 1. The zero-order chi connectivity index (χ0) is 16.7. The first kappa shape index (κ1) is 15.1. The van der Waals surface area contributed by atoms with Crippen LogP contribution in [0.3, 0.4) is 0 Å². The Morgan fingerprint density at radius 2 is 2.25 bits per heavy atom. The van der Waals surface area contributed by atoms with E-state index in [9.17, 15) is 0 Å². The number of rotatable bonds is 4. The summed E-state index contributed by atoms with van der Waals surface area (Å²) in [6, 6.07) is 1.98. The van der Waals surface area contributed by atoms with E-state index in [-0.39, 0.29) is 12.0 Å². The SMILES string of the molecule is Cc1noc([C@H]2OCC[C@H]2CNc2ccnc3c2c(C)nn3C)n1. The molecule has 3 aromatic heterocycles. The van der Waals surface area contributed by atoms with Crippen LogP contribution < -0.4 is 5.32 Å². The largest absolute Gasteiger partial charge is 0.384 e. The van der Waals surface area contributed by atoms with Crippen molar-refractivity contribution in [3.8, 4) is 0 Å². The average Bonchev–Trinajstić information content (AvgIpc) is 3.26. The number of hydrogen-bond donors (Lipinski definition) is 1. The fourth-order valence-corrected chi connectivity index (χ4v) is 3.31. The summed E-state index contributed by atoms with van der Waals surface area (Å²) in [7, 11) is 1.91. The number of hydrogen-bond acceptors (Lipinski definition) is 7. The highest BCUT2D eigenvalue weighted by Gasteiger charge is 2.33. The zero-order valence-corrected chi connectivity index (χ0v) is 14.0. The van der Waals surface area contributed by atoms with E-state index >= 15 is 0 Å². The molecule has 1 saturated heterocycles. The van der Waals surface area contributed by atoms with Crippen molar-refractivity contribution < 1.29 is 9.26 Å². The van der Waals surface area contributed by atoms with E-state index in [1.165, 1.54) is 0 Å². The van der Waals surface area contributed by atoms with E-state index in [4.69, 9.17) is 9.26 Å². The van der Waals surface area contributed by atoms with Crippen molar-refractivity contribution in [3.63, 3.8) is 0 Å². The standard InChI is InChI=1S/C16H20N6O2/c1-9-13-12(4-6-17-15(13)22(3)20-9)18-8-11-5-7-23-14(11)16-19-10(2)21-24-16/h4,6,11,14H,5,7-8H2,1-3H3,(H,17,18)/t11-,14-/m0/s1. The van der Waals surface area contributed by atoms with Gasteiger partial charge in [0.1, 0.15) is 6.10 Å². The maximum Gasteiger partial charge on any atom is 0.256 e. The number of aryl methyl sites for hydroxylation is 3. The summed E-state index contributed by atoms with van der Waals surface area (Å²) in [5.41, 5.74) is 2.89. The fourth-order valence-electron chi connectivity index (χ4n) is 3.31. The van der Waals surface area contributed by atoms with Gasteiger partial charge in [-0.05, 0) is 26.3 Å². The topological polar surface area (TPSA) is 90.9 Å². The Kier molecular flexibility index (Phi) is 3.68.